The van der Waals surface area contributed by atoms with Gasteiger partial charge in [-0.2, -0.15) is 44.6 Å². The van der Waals surface area contributed by atoms with E-state index < -0.39 is 52.9 Å². The van der Waals surface area contributed by atoms with Gasteiger partial charge in [0.25, 0.3) is 0 Å². The average molecular weight is 744 g/mol. The Hall–Kier alpha value is -3.70. The molecule has 0 atom stereocenters. The minimum absolute atomic E-state index is 0. The van der Waals surface area contributed by atoms with E-state index in [-0.39, 0.29) is 42.6 Å². The fourth-order valence-electron chi connectivity index (χ4n) is 4.11. The van der Waals surface area contributed by atoms with Crippen molar-refractivity contribution in [1.29, 1.82) is 0 Å². The number of hydrogen-bond donors (Lipinski definition) is 0. The van der Waals surface area contributed by atoms with Crippen LogP contribution in [0.4, 0.5) is 39.5 Å². The molecule has 0 unspecified atom stereocenters. The number of aromatic nitrogens is 2. The summed E-state index contributed by atoms with van der Waals surface area (Å²) in [4.78, 5) is 0. The number of fused-ring (bicyclic) bond motifs is 2. The Morgan fingerprint density at radius 3 is 1.82 bits per heavy atom. The maximum atomic E-state index is 13.9. The van der Waals surface area contributed by atoms with Crippen LogP contribution in [0.15, 0.2) is 72.8 Å². The summed E-state index contributed by atoms with van der Waals surface area (Å²) in [7, 11) is 0. The second kappa shape index (κ2) is 10.4. The van der Waals surface area contributed by atoms with Crippen molar-refractivity contribution in [3.8, 4) is 22.9 Å². The SMILES string of the molecule is FC(F)(F)c1cc(Oc2nnc(-c3[c-]cccc3)c3cc4ccccc4cc23)c(C(F)(F)F)c(C(F)(F)F)c1.[Ir]. The van der Waals surface area contributed by atoms with E-state index in [2.05, 4.69) is 16.3 Å². The Morgan fingerprint density at radius 2 is 1.27 bits per heavy atom. The first-order chi connectivity index (χ1) is 18.2. The van der Waals surface area contributed by atoms with Gasteiger partial charge in [-0.15, -0.1) is 41.0 Å². The number of nitrogens with zero attached hydrogens (tertiary/aromatic N) is 2. The summed E-state index contributed by atoms with van der Waals surface area (Å²) < 4.78 is 128. The van der Waals surface area contributed by atoms with Gasteiger partial charge in [0.1, 0.15) is 11.3 Å². The molecule has 0 aliphatic rings. The molecule has 5 aromatic rings. The number of hydrogen-bond acceptors (Lipinski definition) is 3. The summed E-state index contributed by atoms with van der Waals surface area (Å²) in [6.45, 7) is 0. The molecule has 13 heteroatoms. The zero-order chi connectivity index (χ0) is 28.2. The molecule has 1 heterocycles. The van der Waals surface area contributed by atoms with Crippen LogP contribution in [0.3, 0.4) is 0 Å². The maximum Gasteiger partial charge on any atom is 0.420 e. The van der Waals surface area contributed by atoms with Gasteiger partial charge in [0, 0.05) is 31.2 Å². The third-order valence-electron chi connectivity index (χ3n) is 5.80. The van der Waals surface area contributed by atoms with E-state index in [1.54, 1.807) is 54.6 Å². The molecule has 1 aromatic heterocycles. The Balaban J connectivity index is 0.00000370. The van der Waals surface area contributed by atoms with E-state index in [1.807, 2.05) is 0 Å². The Labute approximate surface area is 232 Å². The molecular formula is C27H12F9IrN2O-. The van der Waals surface area contributed by atoms with Crippen LogP contribution in [0.2, 0.25) is 0 Å². The average Bonchev–Trinajstić information content (AvgIpc) is 2.86. The van der Waals surface area contributed by atoms with Crippen molar-refractivity contribution in [2.75, 3.05) is 0 Å². The molecular weight excluding hydrogens is 732 g/mol. The van der Waals surface area contributed by atoms with Crippen molar-refractivity contribution >= 4 is 21.5 Å². The topological polar surface area (TPSA) is 35.0 Å². The van der Waals surface area contributed by atoms with Crippen LogP contribution in [0.5, 0.6) is 11.6 Å². The first-order valence-electron chi connectivity index (χ1n) is 11.0. The molecule has 0 fully saturated rings. The predicted octanol–water partition coefficient (Wildman–Crippen LogP) is 9.10. The minimum atomic E-state index is -5.78. The normalized spacial score (nSPS) is 12.4. The Bertz CT molecular complexity index is 1700. The van der Waals surface area contributed by atoms with Gasteiger partial charge < -0.3 is 4.74 Å². The molecule has 0 saturated heterocycles. The standard InChI is InChI=1S/C27H12F9N2O.Ir/c28-25(29,30)17-12-20(26(31,32)33)22(27(34,35)36)21(13-17)39-24-19-11-16-9-5-4-8-15(16)10-18(19)23(37-38-24)14-6-2-1-3-7-14;/h1-6,8-13H;/q-1;. The molecule has 209 valence electrons. The van der Waals surface area contributed by atoms with Crippen molar-refractivity contribution in [3.63, 3.8) is 0 Å². The van der Waals surface area contributed by atoms with Gasteiger partial charge in [0.2, 0.25) is 5.88 Å². The fraction of sp³-hybridized carbons (Fsp3) is 0.111. The number of halogens is 9. The summed E-state index contributed by atoms with van der Waals surface area (Å²) >= 11 is 0. The summed E-state index contributed by atoms with van der Waals surface area (Å²) in [5.74, 6) is -2.43. The zero-order valence-electron chi connectivity index (χ0n) is 19.5. The molecule has 0 aliphatic heterocycles. The van der Waals surface area contributed by atoms with Crippen molar-refractivity contribution in [1.82, 2.24) is 10.2 Å². The maximum absolute atomic E-state index is 13.9. The third-order valence-corrected chi connectivity index (χ3v) is 5.80. The van der Waals surface area contributed by atoms with Crippen LogP contribution in [0.1, 0.15) is 16.7 Å². The summed E-state index contributed by atoms with van der Waals surface area (Å²) in [5, 5.41) is 9.27. The number of alkyl halides is 9. The van der Waals surface area contributed by atoms with E-state index >= 15 is 0 Å². The molecule has 0 aliphatic carbocycles. The Morgan fingerprint density at radius 1 is 0.650 bits per heavy atom. The van der Waals surface area contributed by atoms with E-state index in [9.17, 15) is 39.5 Å². The van der Waals surface area contributed by atoms with Gasteiger partial charge in [-0.05, 0) is 34.4 Å². The van der Waals surface area contributed by atoms with Crippen LogP contribution in [0, 0.1) is 6.07 Å². The van der Waals surface area contributed by atoms with Gasteiger partial charge in [-0.25, -0.2) is 0 Å². The summed E-state index contributed by atoms with van der Waals surface area (Å²) in [6.07, 6.45) is -16.9. The first kappa shape index (κ1) is 29.3. The minimum Gasteiger partial charge on any atom is -0.436 e. The van der Waals surface area contributed by atoms with Crippen LogP contribution >= 0.6 is 0 Å². The van der Waals surface area contributed by atoms with Crippen molar-refractivity contribution < 1.29 is 64.4 Å². The van der Waals surface area contributed by atoms with E-state index in [1.165, 1.54) is 6.07 Å². The molecule has 40 heavy (non-hydrogen) atoms. The second-order valence-electron chi connectivity index (χ2n) is 8.37. The van der Waals surface area contributed by atoms with Gasteiger partial charge in [-0.1, -0.05) is 30.3 Å². The zero-order valence-corrected chi connectivity index (χ0v) is 21.9. The smallest absolute Gasteiger partial charge is 0.420 e. The van der Waals surface area contributed by atoms with E-state index in [0.29, 0.717) is 16.3 Å². The van der Waals surface area contributed by atoms with Crippen molar-refractivity contribution in [3.05, 3.63) is 95.6 Å². The first-order valence-corrected chi connectivity index (χ1v) is 11.0. The van der Waals surface area contributed by atoms with Crippen LogP contribution in [0.25, 0.3) is 32.8 Å². The van der Waals surface area contributed by atoms with Crippen LogP contribution < -0.4 is 4.74 Å². The van der Waals surface area contributed by atoms with E-state index in [4.69, 9.17) is 4.74 Å². The number of benzene rings is 4. The molecule has 1 radical (unpaired) electrons. The molecule has 5 rings (SSSR count). The van der Waals surface area contributed by atoms with Gasteiger partial charge in [0.05, 0.1) is 11.1 Å². The molecule has 0 saturated carbocycles. The van der Waals surface area contributed by atoms with Crippen molar-refractivity contribution in [2.45, 2.75) is 18.5 Å². The Kier molecular flexibility index (Phi) is 7.59. The van der Waals surface area contributed by atoms with E-state index in [0.717, 1.165) is 0 Å². The number of rotatable bonds is 3. The van der Waals surface area contributed by atoms with Gasteiger partial charge in [-0.3, -0.25) is 0 Å². The molecule has 4 aromatic carbocycles. The predicted molar refractivity (Wildman–Crippen MR) is 123 cm³/mol. The molecule has 0 bridgehead atoms. The quantitative estimate of drug-likeness (QED) is 0.105. The summed E-state index contributed by atoms with van der Waals surface area (Å²) in [5.41, 5.74) is -6.28. The molecule has 0 amide bonds. The van der Waals surface area contributed by atoms with Crippen molar-refractivity contribution in [2.24, 2.45) is 0 Å². The third kappa shape index (κ3) is 5.62. The molecule has 0 N–H and O–H groups in total. The van der Waals surface area contributed by atoms with Crippen LogP contribution in [-0.2, 0) is 38.6 Å². The fourth-order valence-corrected chi connectivity index (χ4v) is 4.11. The molecule has 3 nitrogen and oxygen atoms in total. The summed E-state index contributed by atoms with van der Waals surface area (Å²) in [6, 6.07) is 18.6. The van der Waals surface area contributed by atoms with Gasteiger partial charge in [0.15, 0.2) is 0 Å². The largest absolute Gasteiger partial charge is 0.436 e. The number of ether oxygens (including phenoxy) is 1. The van der Waals surface area contributed by atoms with Gasteiger partial charge >= 0.3 is 18.5 Å². The molecule has 0 spiro atoms. The second-order valence-corrected chi connectivity index (χ2v) is 8.37. The van der Waals surface area contributed by atoms with Crippen LogP contribution in [-0.4, -0.2) is 10.2 Å². The monoisotopic (exact) mass is 744 g/mol.